The molecule has 0 bridgehead atoms. The molecule has 1 aromatic heterocycles. The number of benzene rings is 1. The highest BCUT2D eigenvalue weighted by molar-refractivity contribution is 6.33. The number of ether oxygens (including phenoxy) is 1. The van der Waals surface area contributed by atoms with E-state index in [1.807, 2.05) is 0 Å². The summed E-state index contributed by atoms with van der Waals surface area (Å²) >= 11 is 6.00. The zero-order chi connectivity index (χ0) is 17.7. The van der Waals surface area contributed by atoms with Gasteiger partial charge in [0.15, 0.2) is 6.61 Å². The fourth-order valence-corrected chi connectivity index (χ4v) is 2.20. The maximum absolute atomic E-state index is 12.3. The molecular weight excluding hydrogens is 334 g/mol. The SMILES string of the molecule is Cc1nnc(COC(=O)C(NC(=O)c2ccccc2Cl)C(C)C)o1. The molecule has 1 aromatic carbocycles. The summed E-state index contributed by atoms with van der Waals surface area (Å²) in [6.45, 7) is 5.09. The molecule has 7 nitrogen and oxygen atoms in total. The first kappa shape index (κ1) is 17.9. The van der Waals surface area contributed by atoms with Crippen LogP contribution in [0.3, 0.4) is 0 Å². The molecule has 0 aliphatic carbocycles. The second-order valence-electron chi connectivity index (χ2n) is 5.50. The van der Waals surface area contributed by atoms with Crippen molar-refractivity contribution in [3.05, 3.63) is 46.6 Å². The van der Waals surface area contributed by atoms with Crippen molar-refractivity contribution >= 4 is 23.5 Å². The van der Waals surface area contributed by atoms with Gasteiger partial charge >= 0.3 is 5.97 Å². The monoisotopic (exact) mass is 351 g/mol. The number of nitrogens with one attached hydrogen (secondary N) is 1. The van der Waals surface area contributed by atoms with Crippen molar-refractivity contribution in [1.82, 2.24) is 15.5 Å². The maximum atomic E-state index is 12.3. The van der Waals surface area contributed by atoms with Crippen LogP contribution in [0.5, 0.6) is 0 Å². The second kappa shape index (κ2) is 7.92. The van der Waals surface area contributed by atoms with E-state index >= 15 is 0 Å². The Morgan fingerprint density at radius 2 is 2.00 bits per heavy atom. The smallest absolute Gasteiger partial charge is 0.329 e. The number of carbonyl (C=O) groups is 2. The Kier molecular flexibility index (Phi) is 5.92. The highest BCUT2D eigenvalue weighted by Gasteiger charge is 2.27. The summed E-state index contributed by atoms with van der Waals surface area (Å²) in [5.74, 6) is -0.617. The molecule has 2 aromatic rings. The fraction of sp³-hybridized carbons (Fsp3) is 0.375. The van der Waals surface area contributed by atoms with Crippen LogP contribution in [0, 0.1) is 12.8 Å². The van der Waals surface area contributed by atoms with Crippen molar-refractivity contribution < 1.29 is 18.7 Å². The van der Waals surface area contributed by atoms with Crippen LogP contribution in [-0.2, 0) is 16.1 Å². The molecule has 2 rings (SSSR count). The van der Waals surface area contributed by atoms with Crippen LogP contribution in [-0.4, -0.2) is 28.1 Å². The Labute approximate surface area is 144 Å². The van der Waals surface area contributed by atoms with Crippen LogP contribution >= 0.6 is 11.6 Å². The highest BCUT2D eigenvalue weighted by Crippen LogP contribution is 2.16. The molecule has 1 atom stereocenters. The highest BCUT2D eigenvalue weighted by atomic mass is 35.5. The van der Waals surface area contributed by atoms with Gasteiger partial charge < -0.3 is 14.5 Å². The molecule has 8 heteroatoms. The van der Waals surface area contributed by atoms with Crippen molar-refractivity contribution in [3.8, 4) is 0 Å². The Hall–Kier alpha value is -2.41. The standard InChI is InChI=1S/C16H18ClN3O4/c1-9(2)14(16(22)23-8-13-20-19-10(3)24-13)18-15(21)11-6-4-5-7-12(11)17/h4-7,9,14H,8H2,1-3H3,(H,18,21). The predicted octanol–water partition coefficient (Wildman–Crippen LogP) is 2.53. The molecule has 128 valence electrons. The van der Waals surface area contributed by atoms with Gasteiger partial charge in [-0.15, -0.1) is 10.2 Å². The number of aromatic nitrogens is 2. The Morgan fingerprint density at radius 1 is 1.29 bits per heavy atom. The lowest BCUT2D eigenvalue weighted by Gasteiger charge is -2.20. The van der Waals surface area contributed by atoms with Gasteiger partial charge in [-0.05, 0) is 18.1 Å². The third kappa shape index (κ3) is 4.55. The van der Waals surface area contributed by atoms with Crippen LogP contribution in [0.2, 0.25) is 5.02 Å². The van der Waals surface area contributed by atoms with E-state index in [9.17, 15) is 9.59 Å². The average Bonchev–Trinajstić information content (AvgIpc) is 2.95. The number of rotatable bonds is 6. The zero-order valence-electron chi connectivity index (χ0n) is 13.6. The van der Waals surface area contributed by atoms with E-state index in [-0.39, 0.29) is 18.4 Å². The van der Waals surface area contributed by atoms with Crippen LogP contribution in [0.1, 0.15) is 36.0 Å². The van der Waals surface area contributed by atoms with Crippen molar-refractivity contribution in [1.29, 1.82) is 0 Å². The summed E-state index contributed by atoms with van der Waals surface area (Å²) in [6.07, 6.45) is 0. The number of hydrogen-bond acceptors (Lipinski definition) is 6. The Balaban J connectivity index is 2.01. The van der Waals surface area contributed by atoms with E-state index in [0.717, 1.165) is 0 Å². The summed E-state index contributed by atoms with van der Waals surface area (Å²) in [7, 11) is 0. The van der Waals surface area contributed by atoms with Gasteiger partial charge in [0.2, 0.25) is 5.89 Å². The summed E-state index contributed by atoms with van der Waals surface area (Å²) < 4.78 is 10.3. The molecule has 1 unspecified atom stereocenters. The second-order valence-corrected chi connectivity index (χ2v) is 5.90. The molecule has 0 spiro atoms. The van der Waals surface area contributed by atoms with Crippen molar-refractivity contribution in [2.45, 2.75) is 33.4 Å². The molecule has 0 saturated carbocycles. The lowest BCUT2D eigenvalue weighted by atomic mass is 10.0. The number of aryl methyl sites for hydroxylation is 1. The first-order valence-electron chi connectivity index (χ1n) is 7.39. The summed E-state index contributed by atoms with van der Waals surface area (Å²) in [5, 5.41) is 10.4. The van der Waals surface area contributed by atoms with Crippen molar-refractivity contribution in [2.75, 3.05) is 0 Å². The quantitative estimate of drug-likeness (QED) is 0.803. The predicted molar refractivity (Wildman–Crippen MR) is 86.4 cm³/mol. The zero-order valence-corrected chi connectivity index (χ0v) is 14.3. The number of carbonyl (C=O) groups excluding carboxylic acids is 2. The van der Waals surface area contributed by atoms with Crippen LogP contribution in [0.4, 0.5) is 0 Å². The van der Waals surface area contributed by atoms with Gasteiger partial charge in [0, 0.05) is 6.92 Å². The van der Waals surface area contributed by atoms with Crippen LogP contribution in [0.15, 0.2) is 28.7 Å². The molecular formula is C16H18ClN3O4. The van der Waals surface area contributed by atoms with Gasteiger partial charge in [0.1, 0.15) is 6.04 Å². The van der Waals surface area contributed by atoms with Gasteiger partial charge in [-0.25, -0.2) is 4.79 Å². The van der Waals surface area contributed by atoms with Crippen molar-refractivity contribution in [3.63, 3.8) is 0 Å². The maximum Gasteiger partial charge on any atom is 0.329 e. The van der Waals surface area contributed by atoms with Gasteiger partial charge in [-0.1, -0.05) is 37.6 Å². The number of halogens is 1. The molecule has 1 heterocycles. The van der Waals surface area contributed by atoms with Gasteiger partial charge in [0.05, 0.1) is 10.6 Å². The molecule has 0 fully saturated rings. The van der Waals surface area contributed by atoms with E-state index in [1.54, 1.807) is 45.0 Å². The Bertz CT molecular complexity index is 730. The summed E-state index contributed by atoms with van der Waals surface area (Å²) in [5.41, 5.74) is 0.296. The lowest BCUT2D eigenvalue weighted by Crippen LogP contribution is -2.45. The molecule has 0 aliphatic heterocycles. The van der Waals surface area contributed by atoms with E-state index < -0.39 is 17.9 Å². The minimum atomic E-state index is -0.821. The van der Waals surface area contributed by atoms with Gasteiger partial charge in [0.25, 0.3) is 11.8 Å². The molecule has 1 amide bonds. The van der Waals surface area contributed by atoms with E-state index in [4.69, 9.17) is 20.8 Å². The largest absolute Gasteiger partial charge is 0.454 e. The lowest BCUT2D eigenvalue weighted by molar-refractivity contribution is -0.149. The van der Waals surface area contributed by atoms with E-state index in [2.05, 4.69) is 15.5 Å². The Morgan fingerprint density at radius 3 is 2.58 bits per heavy atom. The molecule has 24 heavy (non-hydrogen) atoms. The van der Waals surface area contributed by atoms with Crippen LogP contribution in [0.25, 0.3) is 0 Å². The van der Waals surface area contributed by atoms with E-state index in [1.165, 1.54) is 0 Å². The number of esters is 1. The first-order valence-corrected chi connectivity index (χ1v) is 7.77. The topological polar surface area (TPSA) is 94.3 Å². The number of amides is 1. The van der Waals surface area contributed by atoms with Gasteiger partial charge in [-0.3, -0.25) is 4.79 Å². The van der Waals surface area contributed by atoms with Crippen LogP contribution < -0.4 is 5.32 Å². The molecule has 1 N–H and O–H groups in total. The van der Waals surface area contributed by atoms with Gasteiger partial charge in [-0.2, -0.15) is 0 Å². The fourth-order valence-electron chi connectivity index (χ4n) is 1.98. The minimum absolute atomic E-state index is 0.148. The van der Waals surface area contributed by atoms with Crippen molar-refractivity contribution in [2.24, 2.45) is 5.92 Å². The molecule has 0 saturated heterocycles. The number of hydrogen-bond donors (Lipinski definition) is 1. The average molecular weight is 352 g/mol. The number of nitrogens with zero attached hydrogens (tertiary/aromatic N) is 2. The summed E-state index contributed by atoms with van der Waals surface area (Å²) in [6, 6.07) is 5.79. The third-order valence-electron chi connectivity index (χ3n) is 3.23. The normalized spacial score (nSPS) is 12.0. The molecule has 0 radical (unpaired) electrons. The summed E-state index contributed by atoms with van der Waals surface area (Å²) in [4.78, 5) is 24.6. The van der Waals surface area contributed by atoms with E-state index in [0.29, 0.717) is 16.5 Å². The molecule has 0 aliphatic rings. The first-order chi connectivity index (χ1) is 11.4. The third-order valence-corrected chi connectivity index (χ3v) is 3.56. The minimum Gasteiger partial charge on any atom is -0.454 e.